The van der Waals surface area contributed by atoms with E-state index in [1.807, 2.05) is 12.1 Å². The Morgan fingerprint density at radius 3 is 2.40 bits per heavy atom. The third-order valence-electron chi connectivity index (χ3n) is 2.87. The third kappa shape index (κ3) is 3.82. The summed E-state index contributed by atoms with van der Waals surface area (Å²) in [5.74, 6) is 1.38. The molecule has 0 saturated heterocycles. The largest absolute Gasteiger partial charge is 0.399 e. The summed E-state index contributed by atoms with van der Waals surface area (Å²) in [6.07, 6.45) is 0. The van der Waals surface area contributed by atoms with E-state index < -0.39 is 0 Å². The Hall–Kier alpha value is -1.18. The van der Waals surface area contributed by atoms with Crippen LogP contribution in [0.4, 0.5) is 11.4 Å². The molecule has 0 aliphatic rings. The van der Waals surface area contributed by atoms with Gasteiger partial charge >= 0.3 is 0 Å². The van der Waals surface area contributed by atoms with Gasteiger partial charge in [0.15, 0.2) is 0 Å². The molecule has 1 aromatic carbocycles. The molecular formula is C13H22N2. The highest BCUT2D eigenvalue weighted by atomic mass is 14.9. The van der Waals surface area contributed by atoms with E-state index in [0.29, 0.717) is 11.8 Å². The van der Waals surface area contributed by atoms with Crippen molar-refractivity contribution in [3.8, 4) is 0 Å². The van der Waals surface area contributed by atoms with Crippen LogP contribution in [0.2, 0.25) is 0 Å². The molecular weight excluding hydrogens is 184 g/mol. The van der Waals surface area contributed by atoms with Crippen molar-refractivity contribution in [2.45, 2.75) is 27.7 Å². The zero-order valence-corrected chi connectivity index (χ0v) is 10.2. The fraction of sp³-hybridized carbons (Fsp3) is 0.538. The zero-order chi connectivity index (χ0) is 11.4. The molecule has 1 rings (SSSR count). The normalized spacial score (nSPS) is 12.9. The first-order valence-corrected chi connectivity index (χ1v) is 5.60. The number of benzene rings is 1. The monoisotopic (exact) mass is 206 g/mol. The van der Waals surface area contributed by atoms with Crippen LogP contribution >= 0.6 is 0 Å². The van der Waals surface area contributed by atoms with E-state index in [9.17, 15) is 0 Å². The van der Waals surface area contributed by atoms with E-state index in [2.05, 4.69) is 39.1 Å². The van der Waals surface area contributed by atoms with Gasteiger partial charge in [-0.2, -0.15) is 0 Å². The van der Waals surface area contributed by atoms with Gasteiger partial charge in [-0.05, 0) is 42.5 Å². The number of hydrogen-bond acceptors (Lipinski definition) is 2. The Balaban J connectivity index is 2.57. The van der Waals surface area contributed by atoms with Crippen LogP contribution in [0.25, 0.3) is 0 Å². The van der Waals surface area contributed by atoms with Gasteiger partial charge in [0.2, 0.25) is 0 Å². The van der Waals surface area contributed by atoms with E-state index in [0.717, 1.165) is 17.9 Å². The lowest BCUT2D eigenvalue weighted by Gasteiger charge is -2.17. The van der Waals surface area contributed by atoms with Crippen LogP contribution in [-0.2, 0) is 0 Å². The van der Waals surface area contributed by atoms with Crippen molar-refractivity contribution in [1.82, 2.24) is 0 Å². The second kappa shape index (κ2) is 5.06. The highest BCUT2D eigenvalue weighted by Gasteiger charge is 2.06. The first-order valence-electron chi connectivity index (χ1n) is 5.60. The van der Waals surface area contributed by atoms with Crippen molar-refractivity contribution in [3.05, 3.63) is 23.8 Å². The van der Waals surface area contributed by atoms with Crippen LogP contribution in [0.3, 0.4) is 0 Å². The molecule has 1 atom stereocenters. The SMILES string of the molecule is Cc1cc(N)cc(NCC(C)C(C)C)c1. The number of nitrogens with one attached hydrogen (secondary N) is 1. The molecule has 0 saturated carbocycles. The summed E-state index contributed by atoms with van der Waals surface area (Å²) in [4.78, 5) is 0. The minimum atomic E-state index is 0.673. The van der Waals surface area contributed by atoms with E-state index in [1.54, 1.807) is 0 Å². The molecule has 84 valence electrons. The first-order chi connectivity index (χ1) is 6.99. The van der Waals surface area contributed by atoms with Gasteiger partial charge in [-0.1, -0.05) is 20.8 Å². The van der Waals surface area contributed by atoms with Crippen LogP contribution in [0, 0.1) is 18.8 Å². The lowest BCUT2D eigenvalue weighted by Crippen LogP contribution is -2.16. The smallest absolute Gasteiger partial charge is 0.0363 e. The van der Waals surface area contributed by atoms with E-state index in [4.69, 9.17) is 5.73 Å². The Labute approximate surface area is 92.9 Å². The van der Waals surface area contributed by atoms with E-state index in [1.165, 1.54) is 5.56 Å². The minimum absolute atomic E-state index is 0.673. The summed E-state index contributed by atoms with van der Waals surface area (Å²) in [5, 5.41) is 3.43. The van der Waals surface area contributed by atoms with Gasteiger partial charge in [0.05, 0.1) is 0 Å². The van der Waals surface area contributed by atoms with Crippen molar-refractivity contribution in [3.63, 3.8) is 0 Å². The van der Waals surface area contributed by atoms with E-state index >= 15 is 0 Å². The molecule has 0 amide bonds. The molecule has 0 fully saturated rings. The van der Waals surface area contributed by atoms with Crippen molar-refractivity contribution >= 4 is 11.4 Å². The molecule has 1 aromatic rings. The molecule has 2 heteroatoms. The second-order valence-corrected chi connectivity index (χ2v) is 4.73. The maximum Gasteiger partial charge on any atom is 0.0363 e. The molecule has 1 unspecified atom stereocenters. The van der Waals surface area contributed by atoms with Gasteiger partial charge in [0, 0.05) is 17.9 Å². The molecule has 15 heavy (non-hydrogen) atoms. The molecule has 0 aliphatic carbocycles. The van der Waals surface area contributed by atoms with E-state index in [-0.39, 0.29) is 0 Å². The molecule has 3 N–H and O–H groups in total. The summed E-state index contributed by atoms with van der Waals surface area (Å²) < 4.78 is 0. The Morgan fingerprint density at radius 2 is 1.87 bits per heavy atom. The summed E-state index contributed by atoms with van der Waals surface area (Å²) in [5.41, 5.74) is 8.94. The predicted molar refractivity (Wildman–Crippen MR) is 68.1 cm³/mol. The molecule has 0 aromatic heterocycles. The lowest BCUT2D eigenvalue weighted by molar-refractivity contribution is 0.440. The van der Waals surface area contributed by atoms with Crippen LogP contribution in [-0.4, -0.2) is 6.54 Å². The standard InChI is InChI=1S/C13H22N2/c1-9(2)11(4)8-15-13-6-10(3)5-12(14)7-13/h5-7,9,11,15H,8,14H2,1-4H3. The number of anilines is 2. The average molecular weight is 206 g/mol. The molecule has 0 heterocycles. The van der Waals surface area contributed by atoms with Gasteiger partial charge in [-0.15, -0.1) is 0 Å². The molecule has 0 spiro atoms. The lowest BCUT2D eigenvalue weighted by atomic mass is 9.98. The maximum atomic E-state index is 5.79. The van der Waals surface area contributed by atoms with Crippen molar-refractivity contribution in [1.29, 1.82) is 0 Å². The average Bonchev–Trinajstić information content (AvgIpc) is 2.12. The zero-order valence-electron chi connectivity index (χ0n) is 10.2. The molecule has 0 aliphatic heterocycles. The number of nitrogens with two attached hydrogens (primary N) is 1. The fourth-order valence-corrected chi connectivity index (χ4v) is 1.43. The quantitative estimate of drug-likeness (QED) is 0.742. The highest BCUT2D eigenvalue weighted by Crippen LogP contribution is 2.17. The number of nitrogen functional groups attached to an aromatic ring is 1. The number of aryl methyl sites for hydroxylation is 1. The first kappa shape index (κ1) is 11.9. The second-order valence-electron chi connectivity index (χ2n) is 4.73. The summed E-state index contributed by atoms with van der Waals surface area (Å²) >= 11 is 0. The predicted octanol–water partition coefficient (Wildman–Crippen LogP) is 3.28. The van der Waals surface area contributed by atoms with Crippen LogP contribution in [0.1, 0.15) is 26.3 Å². The summed E-state index contributed by atoms with van der Waals surface area (Å²) in [6, 6.07) is 6.10. The molecule has 0 bridgehead atoms. The Kier molecular flexibility index (Phi) is 4.01. The van der Waals surface area contributed by atoms with Crippen molar-refractivity contribution < 1.29 is 0 Å². The van der Waals surface area contributed by atoms with Crippen molar-refractivity contribution in [2.75, 3.05) is 17.6 Å². The molecule has 0 radical (unpaired) electrons. The Morgan fingerprint density at radius 1 is 1.20 bits per heavy atom. The van der Waals surface area contributed by atoms with Crippen LogP contribution < -0.4 is 11.1 Å². The summed E-state index contributed by atoms with van der Waals surface area (Å²) in [7, 11) is 0. The summed E-state index contributed by atoms with van der Waals surface area (Å²) in [6.45, 7) is 9.82. The highest BCUT2D eigenvalue weighted by molar-refractivity contribution is 5.56. The maximum absolute atomic E-state index is 5.79. The number of hydrogen-bond donors (Lipinski definition) is 2. The van der Waals surface area contributed by atoms with Gasteiger partial charge in [-0.25, -0.2) is 0 Å². The van der Waals surface area contributed by atoms with Crippen molar-refractivity contribution in [2.24, 2.45) is 11.8 Å². The topological polar surface area (TPSA) is 38.0 Å². The van der Waals surface area contributed by atoms with Crippen LogP contribution in [0.15, 0.2) is 18.2 Å². The third-order valence-corrected chi connectivity index (χ3v) is 2.87. The van der Waals surface area contributed by atoms with Gasteiger partial charge < -0.3 is 11.1 Å². The van der Waals surface area contributed by atoms with Gasteiger partial charge in [-0.3, -0.25) is 0 Å². The number of rotatable bonds is 4. The van der Waals surface area contributed by atoms with Gasteiger partial charge in [0.25, 0.3) is 0 Å². The minimum Gasteiger partial charge on any atom is -0.399 e. The van der Waals surface area contributed by atoms with Gasteiger partial charge in [0.1, 0.15) is 0 Å². The van der Waals surface area contributed by atoms with Crippen LogP contribution in [0.5, 0.6) is 0 Å². The Bertz CT molecular complexity index is 298. The fourth-order valence-electron chi connectivity index (χ4n) is 1.43. The molecule has 2 nitrogen and oxygen atoms in total.